The van der Waals surface area contributed by atoms with Gasteiger partial charge in [-0.3, -0.25) is 9.48 Å². The molecule has 0 aliphatic rings. The first kappa shape index (κ1) is 13.1. The molecule has 1 aromatic heterocycles. The molecule has 100 valence electrons. The van der Waals surface area contributed by atoms with Gasteiger partial charge in [0.05, 0.1) is 12.8 Å². The molecule has 0 aliphatic heterocycles. The van der Waals surface area contributed by atoms with E-state index in [9.17, 15) is 4.79 Å². The lowest BCUT2D eigenvalue weighted by molar-refractivity contribution is -0.144. The van der Waals surface area contributed by atoms with E-state index >= 15 is 0 Å². The smallest absolute Gasteiger partial charge is 0.327 e. The van der Waals surface area contributed by atoms with Gasteiger partial charge in [0, 0.05) is 17.4 Å². The second-order valence-electron chi connectivity index (χ2n) is 4.25. The van der Waals surface area contributed by atoms with Gasteiger partial charge in [0.1, 0.15) is 6.54 Å². The molecule has 0 fully saturated rings. The van der Waals surface area contributed by atoms with Crippen LogP contribution in [0.25, 0.3) is 11.1 Å². The summed E-state index contributed by atoms with van der Waals surface area (Å²) < 4.78 is 6.45. The van der Waals surface area contributed by atoms with Crippen molar-refractivity contribution in [3.63, 3.8) is 0 Å². The molecule has 0 atom stereocenters. The van der Waals surface area contributed by atoms with Gasteiger partial charge in [-0.25, -0.2) is 0 Å². The van der Waals surface area contributed by atoms with Crippen LogP contribution < -0.4 is 5.73 Å². The number of carbonyl (C=O) groups excluding carboxylic acids is 1. The van der Waals surface area contributed by atoms with E-state index in [0.717, 1.165) is 22.4 Å². The summed E-state index contributed by atoms with van der Waals surface area (Å²) in [6.07, 6.45) is 3.54. The van der Waals surface area contributed by atoms with Crippen molar-refractivity contribution in [2.45, 2.75) is 20.4 Å². The molecule has 0 aliphatic carbocycles. The van der Waals surface area contributed by atoms with Crippen LogP contribution >= 0.6 is 0 Å². The number of anilines is 1. The lowest BCUT2D eigenvalue weighted by atomic mass is 10.0. The molecule has 5 heteroatoms. The van der Waals surface area contributed by atoms with Crippen LogP contribution in [0.2, 0.25) is 0 Å². The maximum atomic E-state index is 11.4. The Hall–Kier alpha value is -2.30. The minimum atomic E-state index is -0.290. The molecule has 19 heavy (non-hydrogen) atoms. The van der Waals surface area contributed by atoms with Gasteiger partial charge in [-0.1, -0.05) is 12.1 Å². The van der Waals surface area contributed by atoms with Crippen LogP contribution in [0.15, 0.2) is 30.6 Å². The molecular weight excluding hydrogens is 242 g/mol. The van der Waals surface area contributed by atoms with Gasteiger partial charge in [0.25, 0.3) is 0 Å². The zero-order valence-corrected chi connectivity index (χ0v) is 11.1. The Labute approximate surface area is 112 Å². The molecule has 0 saturated carbocycles. The first-order valence-electron chi connectivity index (χ1n) is 6.15. The van der Waals surface area contributed by atoms with Gasteiger partial charge in [-0.05, 0) is 31.0 Å². The fourth-order valence-electron chi connectivity index (χ4n) is 1.89. The lowest BCUT2D eigenvalue weighted by Gasteiger charge is -2.05. The summed E-state index contributed by atoms with van der Waals surface area (Å²) in [5, 5.41) is 4.16. The number of nitrogen functional groups attached to an aromatic ring is 1. The van der Waals surface area contributed by atoms with Crippen LogP contribution in [0.5, 0.6) is 0 Å². The summed E-state index contributed by atoms with van der Waals surface area (Å²) in [4.78, 5) is 11.4. The van der Waals surface area contributed by atoms with E-state index in [1.165, 1.54) is 0 Å². The van der Waals surface area contributed by atoms with E-state index in [4.69, 9.17) is 10.5 Å². The predicted molar refractivity (Wildman–Crippen MR) is 73.4 cm³/mol. The molecule has 2 rings (SSSR count). The Balaban J connectivity index is 2.21. The number of aromatic nitrogens is 2. The largest absolute Gasteiger partial charge is 0.465 e. The highest BCUT2D eigenvalue weighted by Crippen LogP contribution is 2.26. The Morgan fingerprint density at radius 1 is 1.47 bits per heavy atom. The number of hydrogen-bond acceptors (Lipinski definition) is 4. The van der Waals surface area contributed by atoms with Gasteiger partial charge in [-0.2, -0.15) is 5.10 Å². The van der Waals surface area contributed by atoms with Crippen LogP contribution in [0, 0.1) is 6.92 Å². The summed E-state index contributed by atoms with van der Waals surface area (Å²) in [6.45, 7) is 4.24. The monoisotopic (exact) mass is 259 g/mol. The van der Waals surface area contributed by atoms with E-state index in [1.807, 2.05) is 31.3 Å². The summed E-state index contributed by atoms with van der Waals surface area (Å²) in [6, 6.07) is 5.75. The van der Waals surface area contributed by atoms with Crippen molar-refractivity contribution in [1.29, 1.82) is 0 Å². The van der Waals surface area contributed by atoms with E-state index in [0.29, 0.717) is 6.61 Å². The third-order valence-electron chi connectivity index (χ3n) is 2.92. The van der Waals surface area contributed by atoms with Gasteiger partial charge in [0.2, 0.25) is 0 Å². The molecule has 2 N–H and O–H groups in total. The van der Waals surface area contributed by atoms with E-state index in [2.05, 4.69) is 5.10 Å². The number of nitrogens with two attached hydrogens (primary N) is 1. The van der Waals surface area contributed by atoms with Crippen molar-refractivity contribution < 1.29 is 9.53 Å². The van der Waals surface area contributed by atoms with Crippen molar-refractivity contribution in [3.8, 4) is 11.1 Å². The highest BCUT2D eigenvalue weighted by Gasteiger charge is 2.09. The van der Waals surface area contributed by atoms with Gasteiger partial charge in [0.15, 0.2) is 0 Å². The highest BCUT2D eigenvalue weighted by atomic mass is 16.5. The third kappa shape index (κ3) is 2.93. The average molecular weight is 259 g/mol. The quantitative estimate of drug-likeness (QED) is 0.673. The molecule has 1 aromatic carbocycles. The number of benzene rings is 1. The molecule has 0 radical (unpaired) electrons. The minimum Gasteiger partial charge on any atom is -0.465 e. The summed E-state index contributed by atoms with van der Waals surface area (Å²) in [7, 11) is 0. The highest BCUT2D eigenvalue weighted by molar-refractivity contribution is 5.72. The normalized spacial score (nSPS) is 10.4. The number of rotatable bonds is 4. The second kappa shape index (κ2) is 5.56. The van der Waals surface area contributed by atoms with Crippen LogP contribution in [0.1, 0.15) is 12.5 Å². The van der Waals surface area contributed by atoms with E-state index in [-0.39, 0.29) is 12.5 Å². The zero-order chi connectivity index (χ0) is 13.8. The standard InChI is InChI=1S/C14H17N3O2/c1-3-19-14(18)9-17-8-11(7-16-17)12-5-4-6-13(15)10(12)2/h4-8H,3,9,15H2,1-2H3. The molecular formula is C14H17N3O2. The summed E-state index contributed by atoms with van der Waals surface area (Å²) in [5.41, 5.74) is 9.60. The SMILES string of the molecule is CCOC(=O)Cn1cc(-c2cccc(N)c2C)cn1. The number of ether oxygens (including phenoxy) is 1. The lowest BCUT2D eigenvalue weighted by Crippen LogP contribution is -2.13. The average Bonchev–Trinajstić information content (AvgIpc) is 2.81. The van der Waals surface area contributed by atoms with E-state index < -0.39 is 0 Å². The van der Waals surface area contributed by atoms with Crippen molar-refractivity contribution in [2.24, 2.45) is 0 Å². The van der Waals surface area contributed by atoms with Crippen LogP contribution in [0.4, 0.5) is 5.69 Å². The van der Waals surface area contributed by atoms with Crippen LogP contribution in [-0.2, 0) is 16.1 Å². The fourth-order valence-corrected chi connectivity index (χ4v) is 1.89. The fraction of sp³-hybridized carbons (Fsp3) is 0.286. The molecule has 0 spiro atoms. The topological polar surface area (TPSA) is 70.1 Å². The minimum absolute atomic E-state index is 0.120. The maximum absolute atomic E-state index is 11.4. The van der Waals surface area contributed by atoms with Crippen LogP contribution in [0.3, 0.4) is 0 Å². The Morgan fingerprint density at radius 3 is 3.00 bits per heavy atom. The van der Waals surface area contributed by atoms with Crippen molar-refractivity contribution in [3.05, 3.63) is 36.2 Å². The van der Waals surface area contributed by atoms with E-state index in [1.54, 1.807) is 17.8 Å². The molecule has 0 amide bonds. The Kier molecular flexibility index (Phi) is 3.85. The second-order valence-corrected chi connectivity index (χ2v) is 4.25. The molecule has 0 bridgehead atoms. The van der Waals surface area contributed by atoms with Gasteiger partial charge in [-0.15, -0.1) is 0 Å². The molecule has 2 aromatic rings. The van der Waals surface area contributed by atoms with Gasteiger partial charge >= 0.3 is 5.97 Å². The first-order valence-corrected chi connectivity index (χ1v) is 6.15. The maximum Gasteiger partial charge on any atom is 0.327 e. The number of esters is 1. The third-order valence-corrected chi connectivity index (χ3v) is 2.92. The molecule has 0 saturated heterocycles. The first-order chi connectivity index (χ1) is 9.11. The van der Waals surface area contributed by atoms with Crippen LogP contribution in [-0.4, -0.2) is 22.4 Å². The van der Waals surface area contributed by atoms with Crippen molar-refractivity contribution >= 4 is 11.7 Å². The predicted octanol–water partition coefficient (Wildman–Crippen LogP) is 2.00. The summed E-state index contributed by atoms with van der Waals surface area (Å²) in [5.74, 6) is -0.290. The summed E-state index contributed by atoms with van der Waals surface area (Å²) >= 11 is 0. The number of hydrogen-bond donors (Lipinski definition) is 1. The molecule has 0 unspecified atom stereocenters. The Morgan fingerprint density at radius 2 is 2.26 bits per heavy atom. The van der Waals surface area contributed by atoms with Crippen molar-refractivity contribution in [1.82, 2.24) is 9.78 Å². The molecule has 1 heterocycles. The number of carbonyl (C=O) groups is 1. The van der Waals surface area contributed by atoms with Gasteiger partial charge < -0.3 is 10.5 Å². The van der Waals surface area contributed by atoms with Crippen molar-refractivity contribution in [2.75, 3.05) is 12.3 Å². The number of nitrogens with zero attached hydrogens (tertiary/aromatic N) is 2. The zero-order valence-electron chi connectivity index (χ0n) is 11.1. The molecule has 5 nitrogen and oxygen atoms in total. The Bertz CT molecular complexity index is 590.